The molecule has 1 aromatic heterocycles. The van der Waals surface area contributed by atoms with Gasteiger partial charge in [-0.05, 0) is 29.2 Å². The topological polar surface area (TPSA) is 36.1 Å². The number of nitrogens with one attached hydrogen (secondary N) is 1. The van der Waals surface area contributed by atoms with Crippen LogP contribution in [0.5, 0.6) is 0 Å². The van der Waals surface area contributed by atoms with Crippen LogP contribution in [0.4, 0.5) is 0 Å². The van der Waals surface area contributed by atoms with E-state index in [1.54, 1.807) is 0 Å². The predicted molar refractivity (Wildman–Crippen MR) is 114 cm³/mol. The number of hydrogen-bond acceptors (Lipinski definition) is 1. The molecule has 28 heavy (non-hydrogen) atoms. The standard InChI is InChI=1S/C25H24N2O/c28-25(17-22-18-26-24-14-8-7-13-23(22)24)27(19-21-11-5-2-6-12-21)16-15-20-9-3-1-4-10-20/h1-14,18,26H,15-17,19H2. The second kappa shape index (κ2) is 8.57. The fraction of sp³-hybridized carbons (Fsp3) is 0.160. The van der Waals surface area contributed by atoms with Crippen molar-refractivity contribution in [2.24, 2.45) is 0 Å². The summed E-state index contributed by atoms with van der Waals surface area (Å²) in [7, 11) is 0. The Morgan fingerprint density at radius 1 is 0.786 bits per heavy atom. The number of hydrogen-bond donors (Lipinski definition) is 1. The average molecular weight is 368 g/mol. The molecule has 4 rings (SSSR count). The molecule has 0 unspecified atom stereocenters. The summed E-state index contributed by atoms with van der Waals surface area (Å²) in [6, 6.07) is 28.7. The Morgan fingerprint density at radius 3 is 2.18 bits per heavy atom. The van der Waals surface area contributed by atoms with E-state index in [4.69, 9.17) is 0 Å². The maximum Gasteiger partial charge on any atom is 0.227 e. The van der Waals surface area contributed by atoms with Crippen LogP contribution < -0.4 is 0 Å². The van der Waals surface area contributed by atoms with Crippen molar-refractivity contribution in [3.8, 4) is 0 Å². The predicted octanol–water partition coefficient (Wildman–Crippen LogP) is 4.98. The van der Waals surface area contributed by atoms with E-state index in [9.17, 15) is 4.79 Å². The van der Waals surface area contributed by atoms with Crippen LogP contribution in [0, 0.1) is 0 Å². The Bertz CT molecular complexity index is 1040. The molecule has 0 atom stereocenters. The van der Waals surface area contributed by atoms with E-state index >= 15 is 0 Å². The van der Waals surface area contributed by atoms with Crippen LogP contribution in [0.1, 0.15) is 16.7 Å². The quantitative estimate of drug-likeness (QED) is 0.490. The van der Waals surface area contributed by atoms with Gasteiger partial charge in [0.25, 0.3) is 0 Å². The first-order chi connectivity index (χ1) is 13.8. The number of aromatic amines is 1. The lowest BCUT2D eigenvalue weighted by Gasteiger charge is -2.23. The molecule has 3 heteroatoms. The van der Waals surface area contributed by atoms with Crippen molar-refractivity contribution in [2.75, 3.05) is 6.54 Å². The minimum Gasteiger partial charge on any atom is -0.361 e. The monoisotopic (exact) mass is 368 g/mol. The molecule has 0 saturated heterocycles. The normalized spacial score (nSPS) is 10.9. The van der Waals surface area contributed by atoms with Crippen molar-refractivity contribution >= 4 is 16.8 Å². The van der Waals surface area contributed by atoms with Gasteiger partial charge in [0.1, 0.15) is 0 Å². The molecule has 0 bridgehead atoms. The number of benzene rings is 3. The van der Waals surface area contributed by atoms with Crippen molar-refractivity contribution in [3.05, 3.63) is 108 Å². The number of aromatic nitrogens is 1. The largest absolute Gasteiger partial charge is 0.361 e. The van der Waals surface area contributed by atoms with Crippen LogP contribution in [0.2, 0.25) is 0 Å². The third kappa shape index (κ3) is 4.32. The van der Waals surface area contributed by atoms with E-state index in [0.29, 0.717) is 19.5 Å². The number of carbonyl (C=O) groups excluding carboxylic acids is 1. The Kier molecular flexibility index (Phi) is 5.53. The minimum atomic E-state index is 0.157. The van der Waals surface area contributed by atoms with Gasteiger partial charge in [-0.2, -0.15) is 0 Å². The van der Waals surface area contributed by atoms with Gasteiger partial charge < -0.3 is 9.88 Å². The fourth-order valence-electron chi connectivity index (χ4n) is 3.56. The van der Waals surface area contributed by atoms with Gasteiger partial charge in [0.2, 0.25) is 5.91 Å². The number of amides is 1. The molecule has 0 radical (unpaired) electrons. The lowest BCUT2D eigenvalue weighted by atomic mass is 10.1. The fourth-order valence-corrected chi connectivity index (χ4v) is 3.56. The zero-order valence-electron chi connectivity index (χ0n) is 15.8. The smallest absolute Gasteiger partial charge is 0.227 e. The Balaban J connectivity index is 1.52. The lowest BCUT2D eigenvalue weighted by Crippen LogP contribution is -2.33. The third-order valence-corrected chi connectivity index (χ3v) is 5.10. The van der Waals surface area contributed by atoms with E-state index in [1.807, 2.05) is 65.7 Å². The van der Waals surface area contributed by atoms with Gasteiger partial charge in [-0.15, -0.1) is 0 Å². The molecule has 0 saturated carbocycles. The maximum atomic E-state index is 13.2. The molecule has 140 valence electrons. The summed E-state index contributed by atoms with van der Waals surface area (Å²) in [6.45, 7) is 1.34. The molecule has 0 aliphatic heterocycles. The molecule has 0 fully saturated rings. The van der Waals surface area contributed by atoms with Crippen LogP contribution in [0.25, 0.3) is 10.9 Å². The molecular formula is C25H24N2O. The zero-order chi connectivity index (χ0) is 19.2. The van der Waals surface area contributed by atoms with Crippen LogP contribution in [-0.4, -0.2) is 22.3 Å². The first kappa shape index (κ1) is 18.1. The van der Waals surface area contributed by atoms with E-state index in [2.05, 4.69) is 35.3 Å². The molecule has 1 amide bonds. The summed E-state index contributed by atoms with van der Waals surface area (Å²) < 4.78 is 0. The average Bonchev–Trinajstić information content (AvgIpc) is 3.15. The molecule has 1 heterocycles. The highest BCUT2D eigenvalue weighted by atomic mass is 16.2. The zero-order valence-corrected chi connectivity index (χ0v) is 15.8. The van der Waals surface area contributed by atoms with E-state index in [1.165, 1.54) is 5.56 Å². The lowest BCUT2D eigenvalue weighted by molar-refractivity contribution is -0.131. The summed E-state index contributed by atoms with van der Waals surface area (Å²) in [5, 5.41) is 1.12. The van der Waals surface area contributed by atoms with E-state index in [-0.39, 0.29) is 5.91 Å². The van der Waals surface area contributed by atoms with Crippen molar-refractivity contribution in [1.29, 1.82) is 0 Å². The molecule has 1 N–H and O–H groups in total. The number of nitrogens with zero attached hydrogens (tertiary/aromatic N) is 1. The highest BCUT2D eigenvalue weighted by Gasteiger charge is 2.16. The van der Waals surface area contributed by atoms with E-state index in [0.717, 1.165) is 28.5 Å². The number of H-pyrrole nitrogens is 1. The minimum absolute atomic E-state index is 0.157. The van der Waals surface area contributed by atoms with Crippen molar-refractivity contribution < 1.29 is 4.79 Å². The second-order valence-corrected chi connectivity index (χ2v) is 7.07. The number of para-hydroxylation sites is 1. The molecule has 0 spiro atoms. The van der Waals surface area contributed by atoms with Crippen molar-refractivity contribution in [2.45, 2.75) is 19.4 Å². The Morgan fingerprint density at radius 2 is 1.43 bits per heavy atom. The highest BCUT2D eigenvalue weighted by molar-refractivity contribution is 5.88. The van der Waals surface area contributed by atoms with Gasteiger partial charge in [-0.3, -0.25) is 4.79 Å². The molecule has 0 aliphatic rings. The Labute approximate surface area is 165 Å². The number of carbonyl (C=O) groups is 1. The van der Waals surface area contributed by atoms with Crippen molar-refractivity contribution in [3.63, 3.8) is 0 Å². The third-order valence-electron chi connectivity index (χ3n) is 5.10. The number of rotatable bonds is 7. The molecule has 3 aromatic carbocycles. The van der Waals surface area contributed by atoms with Gasteiger partial charge >= 0.3 is 0 Å². The first-order valence-electron chi connectivity index (χ1n) is 9.70. The van der Waals surface area contributed by atoms with Crippen LogP contribution in [0.3, 0.4) is 0 Å². The van der Waals surface area contributed by atoms with Gasteiger partial charge in [-0.1, -0.05) is 78.9 Å². The summed E-state index contributed by atoms with van der Waals surface area (Å²) in [4.78, 5) is 18.4. The first-order valence-corrected chi connectivity index (χ1v) is 9.70. The SMILES string of the molecule is O=C(Cc1c[nH]c2ccccc12)N(CCc1ccccc1)Cc1ccccc1. The van der Waals surface area contributed by atoms with Gasteiger partial charge in [0, 0.05) is 30.2 Å². The molecule has 4 aromatic rings. The van der Waals surface area contributed by atoms with E-state index < -0.39 is 0 Å². The van der Waals surface area contributed by atoms with Crippen molar-refractivity contribution in [1.82, 2.24) is 9.88 Å². The molecular weight excluding hydrogens is 344 g/mol. The van der Waals surface area contributed by atoms with Crippen LogP contribution >= 0.6 is 0 Å². The summed E-state index contributed by atoms with van der Waals surface area (Å²) >= 11 is 0. The van der Waals surface area contributed by atoms with Crippen LogP contribution in [-0.2, 0) is 24.2 Å². The van der Waals surface area contributed by atoms with Gasteiger partial charge in [0.15, 0.2) is 0 Å². The van der Waals surface area contributed by atoms with Gasteiger partial charge in [-0.25, -0.2) is 0 Å². The highest BCUT2D eigenvalue weighted by Crippen LogP contribution is 2.19. The second-order valence-electron chi connectivity index (χ2n) is 7.07. The molecule has 3 nitrogen and oxygen atoms in total. The molecule has 0 aliphatic carbocycles. The summed E-state index contributed by atoms with van der Waals surface area (Å²) in [5.41, 5.74) is 4.53. The maximum absolute atomic E-state index is 13.2. The van der Waals surface area contributed by atoms with Crippen LogP contribution in [0.15, 0.2) is 91.1 Å². The van der Waals surface area contributed by atoms with Gasteiger partial charge in [0.05, 0.1) is 6.42 Å². The summed E-state index contributed by atoms with van der Waals surface area (Å²) in [6.07, 6.45) is 3.22. The number of fused-ring (bicyclic) bond motifs is 1. The Hall–Kier alpha value is -3.33. The summed E-state index contributed by atoms with van der Waals surface area (Å²) in [5.74, 6) is 0.157.